The van der Waals surface area contributed by atoms with Crippen LogP contribution in [0.15, 0.2) is 54.7 Å². The number of rotatable bonds is 7. The van der Waals surface area contributed by atoms with Gasteiger partial charge in [0, 0.05) is 42.5 Å². The van der Waals surface area contributed by atoms with Gasteiger partial charge in [-0.2, -0.15) is 13.2 Å². The van der Waals surface area contributed by atoms with Gasteiger partial charge in [-0.1, -0.05) is 17.7 Å². The number of hydrogen-bond donors (Lipinski definition) is 3. The maximum Gasteiger partial charge on any atom is 0.433 e. The fourth-order valence-electron chi connectivity index (χ4n) is 4.53. The van der Waals surface area contributed by atoms with Crippen LogP contribution in [0.4, 0.5) is 24.7 Å². The molecule has 0 unspecified atom stereocenters. The molecule has 6 rings (SSSR count). The van der Waals surface area contributed by atoms with Gasteiger partial charge in [-0.15, -0.1) is 0 Å². The number of halogens is 4. The predicted molar refractivity (Wildman–Crippen MR) is 150 cm³/mol. The van der Waals surface area contributed by atoms with E-state index in [4.69, 9.17) is 11.6 Å². The first-order chi connectivity index (χ1) is 20.0. The van der Waals surface area contributed by atoms with Crippen molar-refractivity contribution >= 4 is 45.8 Å². The van der Waals surface area contributed by atoms with Crippen molar-refractivity contribution in [3.05, 3.63) is 76.6 Å². The third-order valence-electron chi connectivity index (χ3n) is 7.28. The van der Waals surface area contributed by atoms with E-state index < -0.39 is 29.3 Å². The fourth-order valence-corrected chi connectivity index (χ4v) is 4.73. The van der Waals surface area contributed by atoms with Crippen LogP contribution in [0.2, 0.25) is 5.02 Å². The molecule has 1 aliphatic heterocycles. The Hall–Kier alpha value is -4.29. The molecule has 42 heavy (non-hydrogen) atoms. The molecule has 2 aromatic heterocycles. The summed E-state index contributed by atoms with van der Waals surface area (Å²) in [6.07, 6.45) is -1.63. The molecule has 13 heteroatoms. The minimum absolute atomic E-state index is 0.117. The van der Waals surface area contributed by atoms with Crippen molar-refractivity contribution in [3.63, 3.8) is 0 Å². The maximum absolute atomic E-state index is 13.2. The Morgan fingerprint density at radius 2 is 1.83 bits per heavy atom. The number of nitrogens with one attached hydrogen (secondary N) is 2. The van der Waals surface area contributed by atoms with E-state index in [0.29, 0.717) is 41.0 Å². The van der Waals surface area contributed by atoms with E-state index in [9.17, 15) is 27.9 Å². The second-order valence-corrected chi connectivity index (χ2v) is 10.8. The van der Waals surface area contributed by atoms with E-state index >= 15 is 0 Å². The summed E-state index contributed by atoms with van der Waals surface area (Å²) in [7, 11) is 0. The molecule has 3 N–H and O–H groups in total. The van der Waals surface area contributed by atoms with E-state index in [1.807, 2.05) is 0 Å². The first-order valence-electron chi connectivity index (χ1n) is 13.2. The number of anilines is 2. The molecule has 2 fully saturated rings. The van der Waals surface area contributed by atoms with Gasteiger partial charge in [0.15, 0.2) is 5.82 Å². The number of benzene rings is 2. The molecular formula is C29H24ClF3N6O3. The van der Waals surface area contributed by atoms with Crippen LogP contribution in [0.1, 0.15) is 40.9 Å². The number of aromatic nitrogens is 3. The summed E-state index contributed by atoms with van der Waals surface area (Å²) in [5.74, 6) is -0.0846. The Morgan fingerprint density at radius 1 is 1.05 bits per heavy atom. The first-order valence-corrected chi connectivity index (χ1v) is 13.6. The van der Waals surface area contributed by atoms with Gasteiger partial charge < -0.3 is 20.6 Å². The molecule has 216 valence electrons. The van der Waals surface area contributed by atoms with Crippen molar-refractivity contribution in [3.8, 4) is 11.4 Å². The molecular weight excluding hydrogens is 573 g/mol. The number of amides is 2. The van der Waals surface area contributed by atoms with Crippen LogP contribution in [0.5, 0.6) is 0 Å². The van der Waals surface area contributed by atoms with Crippen molar-refractivity contribution < 1.29 is 27.9 Å². The van der Waals surface area contributed by atoms with E-state index in [1.54, 1.807) is 36.4 Å². The van der Waals surface area contributed by atoms with Crippen molar-refractivity contribution in [2.45, 2.75) is 37.6 Å². The van der Waals surface area contributed by atoms with Gasteiger partial charge in [-0.25, -0.2) is 9.97 Å². The maximum atomic E-state index is 13.2. The number of carbonyl (C=O) groups is 2. The molecule has 3 heterocycles. The first kappa shape index (κ1) is 27.9. The van der Waals surface area contributed by atoms with Crippen LogP contribution in [-0.4, -0.2) is 50.6 Å². The lowest BCUT2D eigenvalue weighted by atomic mass is 10.1. The number of alkyl halides is 3. The normalized spacial score (nSPS) is 15.7. The highest BCUT2D eigenvalue weighted by atomic mass is 35.5. The summed E-state index contributed by atoms with van der Waals surface area (Å²) in [5.41, 5.74) is -0.263. The Kier molecular flexibility index (Phi) is 6.98. The minimum atomic E-state index is -4.56. The third kappa shape index (κ3) is 5.59. The van der Waals surface area contributed by atoms with E-state index in [1.165, 1.54) is 6.07 Å². The molecule has 0 atom stereocenters. The number of fused-ring (bicyclic) bond motifs is 1. The number of carbonyl (C=O) groups excluding carboxylic acids is 2. The predicted octanol–water partition coefficient (Wildman–Crippen LogP) is 4.97. The molecule has 2 amide bonds. The highest BCUT2D eigenvalue weighted by molar-refractivity contribution is 6.34. The summed E-state index contributed by atoms with van der Waals surface area (Å²) in [4.78, 5) is 40.1. The molecule has 1 aliphatic carbocycles. The standard InChI is InChI=1S/C29H24ClF3N6O3/c30-21-6-2-16(14-35-27(41)28(42)8-9-28)12-20(21)26(40)36-18-4-5-19-22(13-18)37-24(38-25(19)39-10-1-11-39)17-3-7-23(34-15-17)29(31,32)33/h2-7,12-13,15,42H,1,8-11,14H2,(H,35,41)(H,36,40). The number of hydrogen-bond acceptors (Lipinski definition) is 7. The molecule has 1 saturated heterocycles. The SMILES string of the molecule is O=C(Nc1ccc2c(N3CCC3)nc(-c3ccc(C(F)(F)F)nc3)nc2c1)c1cc(CNC(=O)C2(O)CC2)ccc1Cl. The topological polar surface area (TPSA) is 120 Å². The van der Waals surface area contributed by atoms with Gasteiger partial charge in [-0.05, 0) is 67.3 Å². The number of nitrogens with zero attached hydrogens (tertiary/aromatic N) is 4. The molecule has 9 nitrogen and oxygen atoms in total. The molecule has 2 aromatic carbocycles. The average molecular weight is 597 g/mol. The smallest absolute Gasteiger partial charge is 0.380 e. The molecule has 1 saturated carbocycles. The minimum Gasteiger partial charge on any atom is -0.380 e. The Balaban J connectivity index is 1.27. The lowest BCUT2D eigenvalue weighted by Gasteiger charge is -2.33. The zero-order valence-electron chi connectivity index (χ0n) is 22.0. The van der Waals surface area contributed by atoms with Crippen molar-refractivity contribution in [1.29, 1.82) is 0 Å². The monoisotopic (exact) mass is 596 g/mol. The Bertz CT molecular complexity index is 1710. The molecule has 0 bridgehead atoms. The van der Waals surface area contributed by atoms with Gasteiger partial charge in [0.2, 0.25) is 0 Å². The van der Waals surface area contributed by atoms with Gasteiger partial charge in [-0.3, -0.25) is 14.6 Å². The zero-order chi connectivity index (χ0) is 29.6. The summed E-state index contributed by atoms with van der Waals surface area (Å²) >= 11 is 6.31. The van der Waals surface area contributed by atoms with Crippen molar-refractivity contribution in [1.82, 2.24) is 20.3 Å². The fraction of sp³-hybridized carbons (Fsp3) is 0.276. The Labute approximate surface area is 242 Å². The van der Waals surface area contributed by atoms with Crippen molar-refractivity contribution in [2.24, 2.45) is 0 Å². The molecule has 0 spiro atoms. The van der Waals surface area contributed by atoms with E-state index in [0.717, 1.165) is 37.2 Å². The van der Waals surface area contributed by atoms with Crippen LogP contribution >= 0.6 is 11.6 Å². The molecule has 4 aromatic rings. The van der Waals surface area contributed by atoms with Gasteiger partial charge in [0.1, 0.15) is 17.1 Å². The lowest BCUT2D eigenvalue weighted by Crippen LogP contribution is -2.37. The second-order valence-electron chi connectivity index (χ2n) is 10.4. The van der Waals surface area contributed by atoms with Gasteiger partial charge >= 0.3 is 6.18 Å². The summed E-state index contributed by atoms with van der Waals surface area (Å²) in [5, 5.41) is 16.4. The lowest BCUT2D eigenvalue weighted by molar-refractivity contribution is -0.141. The Morgan fingerprint density at radius 3 is 2.48 bits per heavy atom. The van der Waals surface area contributed by atoms with Crippen LogP contribution in [0, 0.1) is 0 Å². The number of pyridine rings is 1. The van der Waals surface area contributed by atoms with Crippen LogP contribution in [-0.2, 0) is 17.5 Å². The highest BCUT2D eigenvalue weighted by Crippen LogP contribution is 2.35. The largest absolute Gasteiger partial charge is 0.433 e. The average Bonchev–Trinajstić information content (AvgIpc) is 3.69. The number of aliphatic hydroxyl groups is 1. The quantitative estimate of drug-likeness (QED) is 0.276. The highest BCUT2D eigenvalue weighted by Gasteiger charge is 2.47. The van der Waals surface area contributed by atoms with Gasteiger partial charge in [0.05, 0.1) is 16.1 Å². The third-order valence-corrected chi connectivity index (χ3v) is 7.61. The van der Waals surface area contributed by atoms with Crippen LogP contribution in [0.25, 0.3) is 22.3 Å². The van der Waals surface area contributed by atoms with E-state index in [-0.39, 0.29) is 23.0 Å². The summed E-state index contributed by atoms with van der Waals surface area (Å²) < 4.78 is 39.1. The molecule has 0 radical (unpaired) electrons. The summed E-state index contributed by atoms with van der Waals surface area (Å²) in [6.45, 7) is 1.68. The second kappa shape index (κ2) is 10.5. The zero-order valence-corrected chi connectivity index (χ0v) is 22.8. The molecule has 2 aliphatic rings. The van der Waals surface area contributed by atoms with Crippen LogP contribution in [0.3, 0.4) is 0 Å². The van der Waals surface area contributed by atoms with E-state index in [2.05, 4.69) is 30.5 Å². The van der Waals surface area contributed by atoms with Gasteiger partial charge in [0.25, 0.3) is 11.8 Å². The van der Waals surface area contributed by atoms with Crippen molar-refractivity contribution in [2.75, 3.05) is 23.3 Å². The summed E-state index contributed by atoms with van der Waals surface area (Å²) in [6, 6.07) is 12.1. The van der Waals surface area contributed by atoms with Crippen LogP contribution < -0.4 is 15.5 Å².